The van der Waals surface area contributed by atoms with E-state index in [-0.39, 0.29) is 0 Å². The molecule has 0 aliphatic rings. The first-order chi connectivity index (χ1) is 12.0. The lowest BCUT2D eigenvalue weighted by Crippen LogP contribution is -2.68. The van der Waals surface area contributed by atoms with E-state index < -0.39 is 52.9 Å². The van der Waals surface area contributed by atoms with Crippen molar-refractivity contribution in [2.24, 2.45) is 0 Å². The van der Waals surface area contributed by atoms with Crippen LogP contribution in [0, 0.1) is 0 Å². The van der Waals surface area contributed by atoms with E-state index >= 15 is 0 Å². The molecule has 2 aromatic rings. The van der Waals surface area contributed by atoms with Crippen LogP contribution in [0.25, 0.3) is 11.0 Å². The highest BCUT2D eigenvalue weighted by atomic mass is 19.4. The van der Waals surface area contributed by atoms with Gasteiger partial charge in [-0.15, -0.1) is 0 Å². The van der Waals surface area contributed by atoms with Crippen LogP contribution in [-0.2, 0) is 5.92 Å². The Morgan fingerprint density at radius 1 is 0.741 bits per heavy atom. The predicted octanol–water partition coefficient (Wildman–Crippen LogP) is 5.46. The maximum absolute atomic E-state index is 13.9. The van der Waals surface area contributed by atoms with Gasteiger partial charge in [-0.25, -0.2) is 13.8 Å². The molecule has 0 atom stereocenters. The number of aromatic amines is 1. The number of aromatic nitrogens is 2. The first kappa shape index (κ1) is 21.2. The molecule has 2 rings (SSSR count). The molecule has 1 aromatic carbocycles. The molecule has 0 saturated heterocycles. The van der Waals surface area contributed by atoms with Crippen LogP contribution < -0.4 is 0 Å². The molecule has 152 valence electrons. The maximum atomic E-state index is 13.9. The SMILES string of the molecule is FC(F)C(F)(F)C(F)(F)C(F)(F)C(F)(F)C(F)(F)c1nc2ccccc2[nH]1. The Labute approximate surface area is 141 Å². The smallest absolute Gasteiger partial charge is 0.337 e. The molecule has 0 fully saturated rings. The quantitative estimate of drug-likeness (QED) is 0.621. The van der Waals surface area contributed by atoms with Gasteiger partial charge in [0.15, 0.2) is 5.82 Å². The number of para-hydroxylation sites is 2. The lowest BCUT2D eigenvalue weighted by molar-refractivity contribution is -0.416. The van der Waals surface area contributed by atoms with Gasteiger partial charge >= 0.3 is 36.0 Å². The second-order valence-corrected chi connectivity index (χ2v) is 5.32. The molecule has 14 heteroatoms. The van der Waals surface area contributed by atoms with E-state index in [2.05, 4.69) is 4.98 Å². The maximum Gasteiger partial charge on any atom is 0.386 e. The van der Waals surface area contributed by atoms with E-state index in [1.807, 2.05) is 0 Å². The normalized spacial score (nSPS) is 15.0. The highest BCUT2D eigenvalue weighted by Crippen LogP contribution is 2.60. The highest BCUT2D eigenvalue weighted by molar-refractivity contribution is 5.74. The van der Waals surface area contributed by atoms with Gasteiger partial charge in [0.05, 0.1) is 11.0 Å². The monoisotopic (exact) mass is 418 g/mol. The molecule has 0 bridgehead atoms. The Hall–Kier alpha value is -2.15. The zero-order chi connectivity index (χ0) is 21.1. The van der Waals surface area contributed by atoms with E-state index in [0.29, 0.717) is 0 Å². The fourth-order valence-corrected chi connectivity index (χ4v) is 1.99. The topological polar surface area (TPSA) is 28.7 Å². The van der Waals surface area contributed by atoms with Crippen LogP contribution >= 0.6 is 0 Å². The number of nitrogens with one attached hydrogen (secondary N) is 1. The van der Waals surface area contributed by atoms with Gasteiger partial charge in [-0.1, -0.05) is 12.1 Å². The van der Waals surface area contributed by atoms with Crippen molar-refractivity contribution in [2.75, 3.05) is 0 Å². The van der Waals surface area contributed by atoms with E-state index in [1.165, 1.54) is 17.1 Å². The van der Waals surface area contributed by atoms with Gasteiger partial charge in [0.1, 0.15) is 0 Å². The number of nitrogens with zero attached hydrogens (tertiary/aromatic N) is 1. The molecule has 0 aliphatic heterocycles. The average Bonchev–Trinajstić information content (AvgIpc) is 2.98. The van der Waals surface area contributed by atoms with E-state index in [1.54, 1.807) is 0 Å². The molecule has 1 heterocycles. The zero-order valence-corrected chi connectivity index (χ0v) is 12.4. The van der Waals surface area contributed by atoms with Crippen LogP contribution in [-0.4, -0.2) is 40.1 Å². The third-order valence-electron chi connectivity index (χ3n) is 3.56. The lowest BCUT2D eigenvalue weighted by atomic mass is 9.94. The fraction of sp³-hybridized carbons (Fsp3) is 0.462. The Bertz CT molecular complexity index is 793. The van der Waals surface area contributed by atoms with E-state index in [0.717, 1.165) is 12.1 Å². The standard InChI is InChI=1S/C13H6F12N2/c14-7(15)9(16,17)11(20,21)13(24,25)12(22,23)10(18,19)8-26-5-3-1-2-4-6(5)27-8/h1-4,7H,(H,26,27). The van der Waals surface area contributed by atoms with E-state index in [9.17, 15) is 52.7 Å². The van der Waals surface area contributed by atoms with Crippen LogP contribution in [0.4, 0.5) is 52.7 Å². The minimum Gasteiger partial charge on any atom is -0.337 e. The lowest BCUT2D eigenvalue weighted by Gasteiger charge is -2.38. The van der Waals surface area contributed by atoms with Gasteiger partial charge in [0.2, 0.25) is 0 Å². The highest BCUT2D eigenvalue weighted by Gasteiger charge is 2.88. The van der Waals surface area contributed by atoms with Crippen molar-refractivity contribution in [3.63, 3.8) is 0 Å². The first-order valence-corrected chi connectivity index (χ1v) is 6.64. The van der Waals surface area contributed by atoms with Crippen LogP contribution in [0.2, 0.25) is 0 Å². The summed E-state index contributed by atoms with van der Waals surface area (Å²) in [7, 11) is 0. The second kappa shape index (κ2) is 5.92. The summed E-state index contributed by atoms with van der Waals surface area (Å²) in [6.07, 6.45) is -5.53. The average molecular weight is 418 g/mol. The van der Waals surface area contributed by atoms with Gasteiger partial charge < -0.3 is 4.98 Å². The number of H-pyrrole nitrogens is 1. The summed E-state index contributed by atoms with van der Waals surface area (Å²) in [4.78, 5) is 4.32. The Morgan fingerprint density at radius 3 is 1.74 bits per heavy atom. The molecular weight excluding hydrogens is 412 g/mol. The molecule has 2 nitrogen and oxygen atoms in total. The number of hydrogen-bond donors (Lipinski definition) is 1. The Morgan fingerprint density at radius 2 is 1.26 bits per heavy atom. The summed E-state index contributed by atoms with van der Waals surface area (Å²) < 4.78 is 158. The molecule has 1 aromatic heterocycles. The Balaban J connectivity index is 2.59. The van der Waals surface area contributed by atoms with Gasteiger partial charge in [-0.2, -0.15) is 43.9 Å². The van der Waals surface area contributed by atoms with Gasteiger partial charge in [0, 0.05) is 0 Å². The van der Waals surface area contributed by atoms with Crippen molar-refractivity contribution in [3.05, 3.63) is 30.1 Å². The molecule has 1 N–H and O–H groups in total. The predicted molar refractivity (Wildman–Crippen MR) is 65.8 cm³/mol. The van der Waals surface area contributed by atoms with Crippen molar-refractivity contribution < 1.29 is 52.7 Å². The zero-order valence-electron chi connectivity index (χ0n) is 12.4. The summed E-state index contributed by atoms with van der Waals surface area (Å²) in [5, 5.41) is 0. The molecule has 0 amide bonds. The molecule has 0 saturated carbocycles. The van der Waals surface area contributed by atoms with Gasteiger partial charge in [-0.3, -0.25) is 0 Å². The van der Waals surface area contributed by atoms with Crippen molar-refractivity contribution >= 4 is 11.0 Å². The van der Waals surface area contributed by atoms with Crippen LogP contribution in [0.15, 0.2) is 24.3 Å². The van der Waals surface area contributed by atoms with Crippen LogP contribution in [0.3, 0.4) is 0 Å². The van der Waals surface area contributed by atoms with Crippen molar-refractivity contribution in [1.82, 2.24) is 9.97 Å². The number of fused-ring (bicyclic) bond motifs is 1. The van der Waals surface area contributed by atoms with Crippen LogP contribution in [0.1, 0.15) is 5.82 Å². The van der Waals surface area contributed by atoms with E-state index in [4.69, 9.17) is 0 Å². The summed E-state index contributed by atoms with van der Waals surface area (Å²) in [5.41, 5.74) is -0.855. The summed E-state index contributed by atoms with van der Waals surface area (Å²) in [6, 6.07) is 4.31. The number of hydrogen-bond acceptors (Lipinski definition) is 1. The number of rotatable bonds is 6. The molecule has 0 radical (unpaired) electrons. The molecule has 0 unspecified atom stereocenters. The summed E-state index contributed by atoms with van der Waals surface area (Å²) in [6.45, 7) is 0. The molecular formula is C13H6F12N2. The number of benzene rings is 1. The van der Waals surface area contributed by atoms with Crippen molar-refractivity contribution in [1.29, 1.82) is 0 Å². The van der Waals surface area contributed by atoms with Crippen molar-refractivity contribution in [2.45, 2.75) is 36.0 Å². The van der Waals surface area contributed by atoms with Gasteiger partial charge in [-0.05, 0) is 12.1 Å². The molecule has 0 spiro atoms. The second-order valence-electron chi connectivity index (χ2n) is 5.32. The summed E-state index contributed by atoms with van der Waals surface area (Å²) in [5.74, 6) is -37.9. The largest absolute Gasteiger partial charge is 0.386 e. The van der Waals surface area contributed by atoms with Crippen molar-refractivity contribution in [3.8, 4) is 0 Å². The first-order valence-electron chi connectivity index (χ1n) is 6.64. The minimum atomic E-state index is -7.58. The third kappa shape index (κ3) is 2.71. The van der Waals surface area contributed by atoms with Gasteiger partial charge in [0.25, 0.3) is 0 Å². The summed E-state index contributed by atoms with van der Waals surface area (Å²) >= 11 is 0. The third-order valence-corrected chi connectivity index (χ3v) is 3.56. The Kier molecular flexibility index (Phi) is 4.64. The fourth-order valence-electron chi connectivity index (χ4n) is 1.99. The van der Waals surface area contributed by atoms with Crippen LogP contribution in [0.5, 0.6) is 0 Å². The number of imidazole rings is 1. The molecule has 0 aliphatic carbocycles. The molecule has 27 heavy (non-hydrogen) atoms. The number of halogens is 12. The minimum absolute atomic E-state index is 0.393. The number of alkyl halides is 12.